The lowest BCUT2D eigenvalue weighted by Crippen LogP contribution is -2.41. The van der Waals surface area contributed by atoms with Crippen LogP contribution in [0.15, 0.2) is 0 Å². The van der Waals surface area contributed by atoms with Crippen molar-refractivity contribution < 1.29 is 9.84 Å². The van der Waals surface area contributed by atoms with Gasteiger partial charge in [-0.15, -0.1) is 0 Å². The second-order valence-electron chi connectivity index (χ2n) is 3.60. The Kier molecular flexibility index (Phi) is 4.86. The van der Waals surface area contributed by atoms with Crippen LogP contribution in [0, 0.1) is 5.41 Å². The van der Waals surface area contributed by atoms with Crippen LogP contribution in [-0.4, -0.2) is 54.8 Å². The number of nitrogens with two attached hydrogens (primary N) is 1. The van der Waals surface area contributed by atoms with Crippen LogP contribution in [-0.2, 0) is 4.74 Å². The Morgan fingerprint density at radius 2 is 2.14 bits per heavy atom. The lowest BCUT2D eigenvalue weighted by molar-refractivity contribution is -0.00538. The van der Waals surface area contributed by atoms with Gasteiger partial charge >= 0.3 is 0 Å². The Balaban J connectivity index is 2.14. The minimum Gasteiger partial charge on any atom is -0.394 e. The summed E-state index contributed by atoms with van der Waals surface area (Å²) >= 11 is 0. The molecule has 0 aliphatic carbocycles. The molecule has 0 aromatic heterocycles. The maximum Gasteiger partial charge on any atom is 0.105 e. The average molecular weight is 201 g/mol. The van der Waals surface area contributed by atoms with Crippen molar-refractivity contribution in [3.63, 3.8) is 0 Å². The first-order valence-electron chi connectivity index (χ1n) is 5.00. The average Bonchev–Trinajstić information content (AvgIpc) is 2.16. The molecular weight excluding hydrogens is 182 g/mol. The van der Waals surface area contributed by atoms with Gasteiger partial charge in [0.2, 0.25) is 0 Å². The molecule has 1 aliphatic heterocycles. The van der Waals surface area contributed by atoms with Crippen molar-refractivity contribution in [2.24, 2.45) is 5.73 Å². The molecule has 1 aliphatic rings. The Bertz CT molecular complexity index is 179. The van der Waals surface area contributed by atoms with E-state index in [4.69, 9.17) is 21.0 Å². The van der Waals surface area contributed by atoms with Crippen LogP contribution < -0.4 is 5.73 Å². The summed E-state index contributed by atoms with van der Waals surface area (Å²) in [6, 6.07) is 0. The zero-order valence-electron chi connectivity index (χ0n) is 8.41. The van der Waals surface area contributed by atoms with E-state index >= 15 is 0 Å². The minimum atomic E-state index is 0.0909. The summed E-state index contributed by atoms with van der Waals surface area (Å²) in [5, 5.41) is 15.8. The quantitative estimate of drug-likeness (QED) is 0.409. The number of rotatable bonds is 5. The highest BCUT2D eigenvalue weighted by Crippen LogP contribution is 2.12. The molecule has 82 valence electrons. The first-order chi connectivity index (χ1) is 6.72. The van der Waals surface area contributed by atoms with Crippen molar-refractivity contribution in [3.05, 3.63) is 0 Å². The third-order valence-electron chi connectivity index (χ3n) is 2.37. The number of nitrogens with one attached hydrogen (secondary N) is 1. The molecular formula is C9H19N3O2. The van der Waals surface area contributed by atoms with Crippen molar-refractivity contribution in [1.82, 2.24) is 4.90 Å². The standard InChI is InChI=1S/C9H19N3O2/c10-9(11)7-12-3-1-8(2-4-12)14-6-5-13/h8,13H,1-7H2,(H3,10,11). The lowest BCUT2D eigenvalue weighted by atomic mass is 10.1. The van der Waals surface area contributed by atoms with Crippen LogP contribution in [0.2, 0.25) is 0 Å². The number of hydrogen-bond donors (Lipinski definition) is 3. The summed E-state index contributed by atoms with van der Waals surface area (Å²) in [5.41, 5.74) is 5.32. The van der Waals surface area contributed by atoms with Gasteiger partial charge < -0.3 is 15.6 Å². The van der Waals surface area contributed by atoms with E-state index in [1.54, 1.807) is 0 Å². The molecule has 0 radical (unpaired) electrons. The van der Waals surface area contributed by atoms with E-state index in [-0.39, 0.29) is 18.5 Å². The van der Waals surface area contributed by atoms with Crippen molar-refractivity contribution in [2.45, 2.75) is 18.9 Å². The van der Waals surface area contributed by atoms with Gasteiger partial charge in [0.25, 0.3) is 0 Å². The number of ether oxygens (including phenoxy) is 1. The van der Waals surface area contributed by atoms with Gasteiger partial charge in [-0.25, -0.2) is 0 Å². The van der Waals surface area contributed by atoms with Crippen LogP contribution in [0.25, 0.3) is 0 Å². The molecule has 5 heteroatoms. The lowest BCUT2D eigenvalue weighted by Gasteiger charge is -2.31. The fourth-order valence-electron chi connectivity index (χ4n) is 1.69. The first kappa shape index (κ1) is 11.4. The van der Waals surface area contributed by atoms with E-state index in [1.165, 1.54) is 0 Å². The van der Waals surface area contributed by atoms with Crippen molar-refractivity contribution >= 4 is 5.84 Å². The normalized spacial score (nSPS) is 19.8. The van der Waals surface area contributed by atoms with Crippen molar-refractivity contribution in [2.75, 3.05) is 32.8 Å². The summed E-state index contributed by atoms with van der Waals surface area (Å²) in [7, 11) is 0. The predicted molar refractivity (Wildman–Crippen MR) is 54.4 cm³/mol. The predicted octanol–water partition coefficient (Wildman–Crippen LogP) is -0.604. The third-order valence-corrected chi connectivity index (χ3v) is 2.37. The Hall–Kier alpha value is -0.650. The molecule has 4 N–H and O–H groups in total. The van der Waals surface area contributed by atoms with Gasteiger partial charge in [-0.1, -0.05) is 0 Å². The zero-order chi connectivity index (χ0) is 10.4. The highest BCUT2D eigenvalue weighted by molar-refractivity contribution is 5.78. The molecule has 0 atom stereocenters. The summed E-state index contributed by atoms with van der Waals surface area (Å²) in [6.07, 6.45) is 2.20. The van der Waals surface area contributed by atoms with Gasteiger partial charge in [0.05, 0.1) is 25.9 Å². The smallest absolute Gasteiger partial charge is 0.105 e. The molecule has 0 saturated carbocycles. The maximum absolute atomic E-state index is 8.59. The molecule has 0 aromatic rings. The van der Waals surface area contributed by atoms with E-state index in [9.17, 15) is 0 Å². The second kappa shape index (κ2) is 5.95. The highest BCUT2D eigenvalue weighted by Gasteiger charge is 2.19. The number of amidine groups is 1. The summed E-state index contributed by atoms with van der Waals surface area (Å²) in [6.45, 7) is 2.93. The number of piperidine rings is 1. The van der Waals surface area contributed by atoms with E-state index in [0.717, 1.165) is 25.9 Å². The van der Waals surface area contributed by atoms with Gasteiger partial charge in [0.15, 0.2) is 0 Å². The Morgan fingerprint density at radius 3 is 2.64 bits per heavy atom. The number of aliphatic hydroxyl groups is 1. The van der Waals surface area contributed by atoms with Gasteiger partial charge in [-0.05, 0) is 12.8 Å². The largest absolute Gasteiger partial charge is 0.394 e. The first-order valence-corrected chi connectivity index (χ1v) is 5.00. The number of aliphatic hydroxyl groups excluding tert-OH is 1. The van der Waals surface area contributed by atoms with Gasteiger partial charge in [0, 0.05) is 13.1 Å². The van der Waals surface area contributed by atoms with E-state index in [2.05, 4.69) is 4.90 Å². The van der Waals surface area contributed by atoms with Crippen molar-refractivity contribution in [3.8, 4) is 0 Å². The van der Waals surface area contributed by atoms with Gasteiger partial charge in [0.1, 0.15) is 5.84 Å². The fraction of sp³-hybridized carbons (Fsp3) is 0.889. The second-order valence-corrected chi connectivity index (χ2v) is 3.60. The molecule has 0 amide bonds. The van der Waals surface area contributed by atoms with E-state index in [0.29, 0.717) is 13.2 Å². The monoisotopic (exact) mass is 201 g/mol. The minimum absolute atomic E-state index is 0.0909. The molecule has 0 spiro atoms. The molecule has 1 saturated heterocycles. The summed E-state index contributed by atoms with van der Waals surface area (Å²) < 4.78 is 5.42. The molecule has 5 nitrogen and oxygen atoms in total. The van der Waals surface area contributed by atoms with Crippen molar-refractivity contribution in [1.29, 1.82) is 5.41 Å². The van der Waals surface area contributed by atoms with Crippen LogP contribution >= 0.6 is 0 Å². The highest BCUT2D eigenvalue weighted by atomic mass is 16.5. The summed E-state index contributed by atoms with van der Waals surface area (Å²) in [5.74, 6) is 0.222. The Labute approximate surface area is 84.3 Å². The number of hydrogen-bond acceptors (Lipinski definition) is 4. The fourth-order valence-corrected chi connectivity index (χ4v) is 1.69. The maximum atomic E-state index is 8.59. The molecule has 0 unspecified atom stereocenters. The molecule has 1 heterocycles. The van der Waals surface area contributed by atoms with Crippen LogP contribution in [0.4, 0.5) is 0 Å². The van der Waals surface area contributed by atoms with E-state index in [1.807, 2.05) is 0 Å². The topological polar surface area (TPSA) is 82.6 Å². The van der Waals surface area contributed by atoms with E-state index < -0.39 is 0 Å². The number of nitrogens with zero attached hydrogens (tertiary/aromatic N) is 1. The van der Waals surface area contributed by atoms with Crippen LogP contribution in [0.1, 0.15) is 12.8 Å². The van der Waals surface area contributed by atoms with Gasteiger partial charge in [-0.2, -0.15) is 0 Å². The molecule has 0 bridgehead atoms. The summed E-state index contributed by atoms with van der Waals surface area (Å²) in [4.78, 5) is 2.15. The molecule has 14 heavy (non-hydrogen) atoms. The SMILES string of the molecule is N=C(N)CN1CCC(OCCO)CC1. The molecule has 0 aromatic carbocycles. The molecule has 1 fully saturated rings. The zero-order valence-corrected chi connectivity index (χ0v) is 8.41. The van der Waals surface area contributed by atoms with Gasteiger partial charge in [-0.3, -0.25) is 10.3 Å². The Morgan fingerprint density at radius 1 is 1.50 bits per heavy atom. The van der Waals surface area contributed by atoms with Crippen LogP contribution in [0.3, 0.4) is 0 Å². The molecule has 1 rings (SSSR count). The van der Waals surface area contributed by atoms with Crippen LogP contribution in [0.5, 0.6) is 0 Å². The third kappa shape index (κ3) is 4.04. The number of likely N-dealkylation sites (tertiary alicyclic amines) is 1.